The molecular weight excluding hydrogens is 282 g/mol. The molecule has 2 N–H and O–H groups in total. The summed E-state index contributed by atoms with van der Waals surface area (Å²) in [6.45, 7) is 9.64. The molecule has 1 aromatic rings. The van der Waals surface area contributed by atoms with Crippen molar-refractivity contribution in [3.8, 4) is 0 Å². The summed E-state index contributed by atoms with van der Waals surface area (Å²) < 4.78 is 0. The van der Waals surface area contributed by atoms with Crippen molar-refractivity contribution in [3.63, 3.8) is 0 Å². The molecule has 120 valence electrons. The number of rotatable bonds is 7. The fourth-order valence-corrected chi connectivity index (χ4v) is 4.29. The van der Waals surface area contributed by atoms with E-state index in [0.717, 1.165) is 37.6 Å². The Kier molecular flexibility index (Phi) is 6.02. The molecule has 0 saturated heterocycles. The van der Waals surface area contributed by atoms with Crippen LogP contribution in [0.4, 0.5) is 5.13 Å². The molecule has 1 fully saturated rings. The van der Waals surface area contributed by atoms with Gasteiger partial charge in [-0.2, -0.15) is 0 Å². The first-order valence-electron chi connectivity index (χ1n) is 8.18. The summed E-state index contributed by atoms with van der Waals surface area (Å²) in [4.78, 5) is 8.06. The second-order valence-corrected chi connectivity index (χ2v) is 7.37. The minimum absolute atomic E-state index is 0.0863. The molecule has 0 radical (unpaired) electrons. The molecule has 0 aromatic carbocycles. The third kappa shape index (κ3) is 4.18. The lowest BCUT2D eigenvalue weighted by molar-refractivity contribution is 0.0985. The van der Waals surface area contributed by atoms with Crippen LogP contribution in [0.3, 0.4) is 0 Å². The van der Waals surface area contributed by atoms with Crippen LogP contribution in [-0.4, -0.2) is 35.3 Å². The summed E-state index contributed by atoms with van der Waals surface area (Å²) in [5, 5.41) is 14.5. The number of aliphatic hydroxyl groups is 1. The number of hydrogen-bond donors (Lipinski definition) is 2. The van der Waals surface area contributed by atoms with Crippen LogP contribution < -0.4 is 10.2 Å². The zero-order valence-corrected chi connectivity index (χ0v) is 14.4. The van der Waals surface area contributed by atoms with E-state index in [-0.39, 0.29) is 12.1 Å². The van der Waals surface area contributed by atoms with Crippen LogP contribution in [0.2, 0.25) is 0 Å². The van der Waals surface area contributed by atoms with Gasteiger partial charge in [0.25, 0.3) is 0 Å². The van der Waals surface area contributed by atoms with E-state index < -0.39 is 0 Å². The maximum atomic E-state index is 9.82. The fraction of sp³-hybridized carbons (Fsp3) is 0.812. The van der Waals surface area contributed by atoms with Crippen molar-refractivity contribution < 1.29 is 5.11 Å². The molecule has 0 bridgehead atoms. The maximum absolute atomic E-state index is 9.82. The van der Waals surface area contributed by atoms with Crippen molar-refractivity contribution in [1.29, 1.82) is 0 Å². The third-order valence-electron chi connectivity index (χ3n) is 4.61. The predicted octanol–water partition coefficient (Wildman–Crippen LogP) is 3.02. The lowest BCUT2D eigenvalue weighted by Crippen LogP contribution is -2.50. The zero-order chi connectivity index (χ0) is 15.3. The van der Waals surface area contributed by atoms with E-state index in [0.29, 0.717) is 5.92 Å². The molecule has 0 spiro atoms. The highest BCUT2D eigenvalue weighted by Crippen LogP contribution is 2.32. The second kappa shape index (κ2) is 7.56. The van der Waals surface area contributed by atoms with E-state index in [1.807, 2.05) is 6.20 Å². The normalized spacial score (nSPS) is 26.0. The van der Waals surface area contributed by atoms with Crippen LogP contribution in [0, 0.1) is 5.92 Å². The number of hydrogen-bond acceptors (Lipinski definition) is 5. The Morgan fingerprint density at radius 1 is 1.48 bits per heavy atom. The summed E-state index contributed by atoms with van der Waals surface area (Å²) in [7, 11) is 0. The second-order valence-electron chi connectivity index (χ2n) is 6.27. The highest BCUT2D eigenvalue weighted by Gasteiger charge is 2.33. The van der Waals surface area contributed by atoms with Crippen LogP contribution >= 0.6 is 11.3 Å². The van der Waals surface area contributed by atoms with Crippen molar-refractivity contribution >= 4 is 16.5 Å². The van der Waals surface area contributed by atoms with Gasteiger partial charge in [-0.25, -0.2) is 4.98 Å². The lowest BCUT2D eigenvalue weighted by Gasteiger charge is -2.39. The van der Waals surface area contributed by atoms with Gasteiger partial charge in [0.05, 0.1) is 6.61 Å². The largest absolute Gasteiger partial charge is 0.394 e. The van der Waals surface area contributed by atoms with E-state index in [9.17, 15) is 5.11 Å². The number of aliphatic hydroxyl groups excluding tert-OH is 1. The molecular formula is C16H29N3OS. The van der Waals surface area contributed by atoms with Crippen molar-refractivity contribution in [3.05, 3.63) is 11.1 Å². The molecule has 1 saturated carbocycles. The fourth-order valence-electron chi connectivity index (χ4n) is 3.31. The minimum atomic E-state index is -0.0863. The van der Waals surface area contributed by atoms with Gasteiger partial charge in [0, 0.05) is 36.2 Å². The van der Waals surface area contributed by atoms with Crippen molar-refractivity contribution in [2.75, 3.05) is 24.6 Å². The van der Waals surface area contributed by atoms with Crippen LogP contribution in [0.15, 0.2) is 6.20 Å². The van der Waals surface area contributed by atoms with Gasteiger partial charge in [0.2, 0.25) is 0 Å². The van der Waals surface area contributed by atoms with Crippen molar-refractivity contribution in [2.24, 2.45) is 5.92 Å². The van der Waals surface area contributed by atoms with Gasteiger partial charge in [-0.15, -0.1) is 11.3 Å². The zero-order valence-electron chi connectivity index (χ0n) is 13.6. The number of thiazole rings is 1. The Balaban J connectivity index is 1.95. The molecule has 2 atom stereocenters. The molecule has 2 rings (SSSR count). The van der Waals surface area contributed by atoms with E-state index >= 15 is 0 Å². The van der Waals surface area contributed by atoms with E-state index in [1.54, 1.807) is 11.3 Å². The first-order valence-corrected chi connectivity index (χ1v) is 8.99. The summed E-state index contributed by atoms with van der Waals surface area (Å²) >= 11 is 1.76. The number of aromatic nitrogens is 1. The SMILES string of the molecule is CCN(CC)c1ncc(CNC2(CO)CCCC(C)C2)s1. The Hall–Kier alpha value is -0.650. The lowest BCUT2D eigenvalue weighted by atomic mass is 9.77. The first-order chi connectivity index (χ1) is 10.1. The minimum Gasteiger partial charge on any atom is -0.394 e. The van der Waals surface area contributed by atoms with Crippen LogP contribution in [0.5, 0.6) is 0 Å². The van der Waals surface area contributed by atoms with E-state index in [4.69, 9.17) is 0 Å². The Morgan fingerprint density at radius 3 is 2.86 bits per heavy atom. The molecule has 1 aliphatic carbocycles. The first kappa shape index (κ1) is 16.7. The Labute approximate surface area is 132 Å². The van der Waals surface area contributed by atoms with Gasteiger partial charge in [-0.1, -0.05) is 19.8 Å². The molecule has 1 aromatic heterocycles. The van der Waals surface area contributed by atoms with Gasteiger partial charge >= 0.3 is 0 Å². The van der Waals surface area contributed by atoms with Crippen LogP contribution in [-0.2, 0) is 6.54 Å². The highest BCUT2D eigenvalue weighted by molar-refractivity contribution is 7.15. The third-order valence-corrected chi connectivity index (χ3v) is 5.67. The number of nitrogens with one attached hydrogen (secondary N) is 1. The predicted molar refractivity (Wildman–Crippen MR) is 90.0 cm³/mol. The quantitative estimate of drug-likeness (QED) is 0.812. The standard InChI is InChI=1S/C16H29N3OS/c1-4-19(5-2)15-17-10-14(21-15)11-18-16(12-20)8-6-7-13(3)9-16/h10,13,18,20H,4-9,11-12H2,1-3H3. The van der Waals surface area contributed by atoms with Gasteiger partial charge in [0.1, 0.15) is 0 Å². The Morgan fingerprint density at radius 2 is 2.24 bits per heavy atom. The average Bonchev–Trinajstić information content (AvgIpc) is 2.95. The summed E-state index contributed by atoms with van der Waals surface area (Å²) in [6, 6.07) is 0. The molecule has 21 heavy (non-hydrogen) atoms. The molecule has 5 heteroatoms. The maximum Gasteiger partial charge on any atom is 0.185 e. The van der Waals surface area contributed by atoms with Gasteiger partial charge in [-0.05, 0) is 32.6 Å². The smallest absolute Gasteiger partial charge is 0.185 e. The van der Waals surface area contributed by atoms with E-state index in [2.05, 4.69) is 36.0 Å². The Bertz CT molecular complexity index is 433. The average molecular weight is 311 g/mol. The molecule has 2 unspecified atom stereocenters. The van der Waals surface area contributed by atoms with Gasteiger partial charge in [0.15, 0.2) is 5.13 Å². The topological polar surface area (TPSA) is 48.4 Å². The monoisotopic (exact) mass is 311 g/mol. The summed E-state index contributed by atoms with van der Waals surface area (Å²) in [6.07, 6.45) is 6.63. The highest BCUT2D eigenvalue weighted by atomic mass is 32.1. The van der Waals surface area contributed by atoms with Crippen LogP contribution in [0.25, 0.3) is 0 Å². The van der Waals surface area contributed by atoms with Crippen molar-refractivity contribution in [2.45, 2.75) is 58.5 Å². The summed E-state index contributed by atoms with van der Waals surface area (Å²) in [5.74, 6) is 0.700. The molecule has 4 nitrogen and oxygen atoms in total. The summed E-state index contributed by atoms with van der Waals surface area (Å²) in [5.41, 5.74) is -0.0863. The molecule has 0 amide bonds. The van der Waals surface area contributed by atoms with E-state index in [1.165, 1.54) is 17.7 Å². The van der Waals surface area contributed by atoms with Gasteiger partial charge < -0.3 is 15.3 Å². The molecule has 1 heterocycles. The molecule has 0 aliphatic heterocycles. The molecule has 1 aliphatic rings. The number of nitrogens with zero attached hydrogens (tertiary/aromatic N) is 2. The number of anilines is 1. The van der Waals surface area contributed by atoms with Crippen LogP contribution in [0.1, 0.15) is 51.3 Å². The van der Waals surface area contributed by atoms with Gasteiger partial charge in [-0.3, -0.25) is 0 Å². The van der Waals surface area contributed by atoms with Crippen molar-refractivity contribution in [1.82, 2.24) is 10.3 Å².